The van der Waals surface area contributed by atoms with Crippen LogP contribution in [0.3, 0.4) is 0 Å². The summed E-state index contributed by atoms with van der Waals surface area (Å²) in [6, 6.07) is 0. The highest BCUT2D eigenvalue weighted by atomic mass is 16.5. The highest BCUT2D eigenvalue weighted by Crippen LogP contribution is 2.38. The lowest BCUT2D eigenvalue weighted by molar-refractivity contribution is 0.0418. The van der Waals surface area contributed by atoms with Gasteiger partial charge in [-0.2, -0.15) is 0 Å². The monoisotopic (exact) mass is 196 g/mol. The molecule has 2 aliphatic carbocycles. The van der Waals surface area contributed by atoms with Crippen LogP contribution in [-0.2, 0) is 4.74 Å². The Labute approximate surface area is 88.2 Å². The standard InChI is InChI=1S/C13H24O/c1-14-13-9-7-12(8-10-13)11-5-3-2-4-6-11/h11-13H,2-10H2,1H3. The first kappa shape index (κ1) is 10.5. The van der Waals surface area contributed by atoms with Crippen molar-refractivity contribution in [1.29, 1.82) is 0 Å². The van der Waals surface area contributed by atoms with Gasteiger partial charge in [0.2, 0.25) is 0 Å². The molecule has 2 rings (SSSR count). The topological polar surface area (TPSA) is 9.23 Å². The Kier molecular flexibility index (Phi) is 3.86. The first-order valence-electron chi connectivity index (χ1n) is 6.43. The maximum absolute atomic E-state index is 5.43. The van der Waals surface area contributed by atoms with Crippen molar-refractivity contribution in [2.45, 2.75) is 63.9 Å². The summed E-state index contributed by atoms with van der Waals surface area (Å²) in [5, 5.41) is 0. The molecule has 0 bridgehead atoms. The van der Waals surface area contributed by atoms with Crippen LogP contribution >= 0.6 is 0 Å². The molecule has 1 heteroatoms. The minimum absolute atomic E-state index is 0.579. The molecular formula is C13H24O. The summed E-state index contributed by atoms with van der Waals surface area (Å²) in [5.74, 6) is 2.11. The fraction of sp³-hybridized carbons (Fsp3) is 1.00. The molecular weight excluding hydrogens is 172 g/mol. The van der Waals surface area contributed by atoms with Gasteiger partial charge in [0.05, 0.1) is 6.10 Å². The van der Waals surface area contributed by atoms with Gasteiger partial charge in [-0.3, -0.25) is 0 Å². The summed E-state index contributed by atoms with van der Waals surface area (Å²) in [7, 11) is 1.87. The summed E-state index contributed by atoms with van der Waals surface area (Å²) >= 11 is 0. The van der Waals surface area contributed by atoms with E-state index in [1.54, 1.807) is 0 Å². The fourth-order valence-corrected chi connectivity index (χ4v) is 3.40. The molecule has 82 valence electrons. The third-order valence-electron chi connectivity index (χ3n) is 4.37. The quantitative estimate of drug-likeness (QED) is 0.653. The number of ether oxygens (including phenoxy) is 1. The van der Waals surface area contributed by atoms with Crippen molar-refractivity contribution >= 4 is 0 Å². The molecule has 1 nitrogen and oxygen atoms in total. The molecule has 0 spiro atoms. The van der Waals surface area contributed by atoms with Gasteiger partial charge in [0.15, 0.2) is 0 Å². The van der Waals surface area contributed by atoms with Crippen molar-refractivity contribution in [3.63, 3.8) is 0 Å². The molecule has 0 N–H and O–H groups in total. The smallest absolute Gasteiger partial charge is 0.0571 e. The third kappa shape index (κ3) is 2.50. The highest BCUT2D eigenvalue weighted by Gasteiger charge is 2.28. The molecule has 0 heterocycles. The minimum atomic E-state index is 0.579. The summed E-state index contributed by atoms with van der Waals surface area (Å²) in [6.45, 7) is 0. The number of hydrogen-bond acceptors (Lipinski definition) is 1. The van der Waals surface area contributed by atoms with Crippen LogP contribution in [0.5, 0.6) is 0 Å². The van der Waals surface area contributed by atoms with Crippen LogP contribution in [0, 0.1) is 11.8 Å². The van der Waals surface area contributed by atoms with Gasteiger partial charge in [0, 0.05) is 7.11 Å². The predicted octanol–water partition coefficient (Wildman–Crippen LogP) is 3.77. The summed E-state index contributed by atoms with van der Waals surface area (Å²) in [5.41, 5.74) is 0. The number of rotatable bonds is 2. The van der Waals surface area contributed by atoms with Crippen molar-refractivity contribution in [2.24, 2.45) is 11.8 Å². The zero-order chi connectivity index (χ0) is 9.80. The Bertz CT molecular complexity index is 153. The molecule has 0 aliphatic heterocycles. The lowest BCUT2D eigenvalue weighted by Crippen LogP contribution is -2.26. The second kappa shape index (κ2) is 5.16. The molecule has 0 unspecified atom stereocenters. The van der Waals surface area contributed by atoms with Crippen molar-refractivity contribution in [3.05, 3.63) is 0 Å². The maximum Gasteiger partial charge on any atom is 0.0571 e. The first-order valence-corrected chi connectivity index (χ1v) is 6.43. The van der Waals surface area contributed by atoms with Crippen LogP contribution in [0.4, 0.5) is 0 Å². The zero-order valence-corrected chi connectivity index (χ0v) is 9.50. The Hall–Kier alpha value is -0.0400. The first-order chi connectivity index (χ1) is 6.90. The molecule has 2 fully saturated rings. The molecule has 14 heavy (non-hydrogen) atoms. The van der Waals surface area contributed by atoms with E-state index in [1.807, 2.05) is 7.11 Å². The Morgan fingerprint density at radius 2 is 1.29 bits per heavy atom. The van der Waals surface area contributed by atoms with Crippen molar-refractivity contribution in [1.82, 2.24) is 0 Å². The van der Waals surface area contributed by atoms with E-state index in [9.17, 15) is 0 Å². The SMILES string of the molecule is COC1CCC(C2CCCCC2)CC1. The van der Waals surface area contributed by atoms with E-state index in [-0.39, 0.29) is 0 Å². The van der Waals surface area contributed by atoms with E-state index >= 15 is 0 Å². The van der Waals surface area contributed by atoms with E-state index in [1.165, 1.54) is 57.8 Å². The van der Waals surface area contributed by atoms with Crippen LogP contribution in [0.15, 0.2) is 0 Å². The van der Waals surface area contributed by atoms with Crippen molar-refractivity contribution < 1.29 is 4.74 Å². The second-order valence-electron chi connectivity index (χ2n) is 5.17. The van der Waals surface area contributed by atoms with Crippen molar-refractivity contribution in [3.8, 4) is 0 Å². The Balaban J connectivity index is 1.76. The lowest BCUT2D eigenvalue weighted by Gasteiger charge is -2.35. The highest BCUT2D eigenvalue weighted by molar-refractivity contribution is 4.79. The molecule has 0 aromatic carbocycles. The Morgan fingerprint density at radius 1 is 0.714 bits per heavy atom. The van der Waals surface area contributed by atoms with E-state index in [0.29, 0.717) is 6.10 Å². The molecule has 0 atom stereocenters. The number of hydrogen-bond donors (Lipinski definition) is 0. The van der Waals surface area contributed by atoms with Gasteiger partial charge in [0.25, 0.3) is 0 Å². The second-order valence-corrected chi connectivity index (χ2v) is 5.17. The van der Waals surface area contributed by atoms with E-state index in [0.717, 1.165) is 11.8 Å². The predicted molar refractivity (Wildman–Crippen MR) is 59.3 cm³/mol. The molecule has 0 radical (unpaired) electrons. The van der Waals surface area contributed by atoms with Crippen LogP contribution < -0.4 is 0 Å². The van der Waals surface area contributed by atoms with E-state index in [4.69, 9.17) is 4.74 Å². The van der Waals surface area contributed by atoms with Gasteiger partial charge >= 0.3 is 0 Å². The van der Waals surface area contributed by atoms with Crippen molar-refractivity contribution in [2.75, 3.05) is 7.11 Å². The average Bonchev–Trinajstić information content (AvgIpc) is 2.30. The van der Waals surface area contributed by atoms with E-state index in [2.05, 4.69) is 0 Å². The van der Waals surface area contributed by atoms with Crippen LogP contribution in [0.2, 0.25) is 0 Å². The molecule has 0 aromatic heterocycles. The van der Waals surface area contributed by atoms with Gasteiger partial charge < -0.3 is 4.74 Å². The maximum atomic E-state index is 5.43. The number of methoxy groups -OCH3 is 1. The summed E-state index contributed by atoms with van der Waals surface area (Å²) < 4.78 is 5.43. The summed E-state index contributed by atoms with van der Waals surface area (Å²) in [6.07, 6.45) is 13.6. The van der Waals surface area contributed by atoms with Crippen LogP contribution in [0.25, 0.3) is 0 Å². The van der Waals surface area contributed by atoms with Crippen LogP contribution in [0.1, 0.15) is 57.8 Å². The van der Waals surface area contributed by atoms with Gasteiger partial charge in [-0.05, 0) is 37.5 Å². The van der Waals surface area contributed by atoms with Gasteiger partial charge in [-0.25, -0.2) is 0 Å². The fourth-order valence-electron chi connectivity index (χ4n) is 3.40. The normalized spacial score (nSPS) is 35.8. The molecule has 2 saturated carbocycles. The van der Waals surface area contributed by atoms with Gasteiger partial charge in [-0.15, -0.1) is 0 Å². The Morgan fingerprint density at radius 3 is 1.86 bits per heavy atom. The van der Waals surface area contributed by atoms with Gasteiger partial charge in [-0.1, -0.05) is 32.1 Å². The average molecular weight is 196 g/mol. The lowest BCUT2D eigenvalue weighted by atomic mass is 9.73. The summed E-state index contributed by atoms with van der Waals surface area (Å²) in [4.78, 5) is 0. The third-order valence-corrected chi connectivity index (χ3v) is 4.37. The largest absolute Gasteiger partial charge is 0.381 e. The zero-order valence-electron chi connectivity index (χ0n) is 9.50. The molecule has 0 aromatic rings. The van der Waals surface area contributed by atoms with E-state index < -0.39 is 0 Å². The van der Waals surface area contributed by atoms with Gasteiger partial charge in [0.1, 0.15) is 0 Å². The van der Waals surface area contributed by atoms with Crippen LogP contribution in [-0.4, -0.2) is 13.2 Å². The molecule has 0 saturated heterocycles. The molecule has 2 aliphatic rings. The molecule has 0 amide bonds. The minimum Gasteiger partial charge on any atom is -0.381 e.